The Hall–Kier alpha value is -3.48. The molecule has 0 aromatic rings. The lowest BCUT2D eigenvalue weighted by Gasteiger charge is -2.57. The predicted octanol–water partition coefficient (Wildman–Crippen LogP) is 2.89. The molecule has 250 valence electrons. The van der Waals surface area contributed by atoms with Crippen molar-refractivity contribution in [3.63, 3.8) is 0 Å². The average molecular weight is 637 g/mol. The highest BCUT2D eigenvalue weighted by molar-refractivity contribution is 5.89. The topological polar surface area (TPSA) is 170 Å². The molecule has 0 aromatic heterocycles. The van der Waals surface area contributed by atoms with Crippen molar-refractivity contribution in [3.05, 3.63) is 11.6 Å². The van der Waals surface area contributed by atoms with Crippen molar-refractivity contribution in [3.8, 4) is 0 Å². The fourth-order valence-electron chi connectivity index (χ4n) is 7.89. The first-order valence-electron chi connectivity index (χ1n) is 15.4. The van der Waals surface area contributed by atoms with Gasteiger partial charge in [0, 0.05) is 58.8 Å². The molecule has 0 bridgehead atoms. The molecular weight excluding hydrogens is 592 g/mol. The van der Waals surface area contributed by atoms with Gasteiger partial charge in [0.05, 0.1) is 5.41 Å². The van der Waals surface area contributed by atoms with Crippen molar-refractivity contribution < 1.29 is 61.9 Å². The van der Waals surface area contributed by atoms with Crippen molar-refractivity contribution >= 4 is 35.8 Å². The Balaban J connectivity index is 2.07. The van der Waals surface area contributed by atoms with Crippen LogP contribution in [0.4, 0.5) is 0 Å². The minimum Gasteiger partial charge on any atom is -0.462 e. The molecule has 45 heavy (non-hydrogen) atoms. The number of hydrogen-bond acceptors (Lipinski definition) is 13. The zero-order chi connectivity index (χ0) is 33.6. The second-order valence-corrected chi connectivity index (χ2v) is 13.0. The highest BCUT2D eigenvalue weighted by Crippen LogP contribution is 2.66. The highest BCUT2D eigenvalue weighted by Gasteiger charge is 2.87. The summed E-state index contributed by atoms with van der Waals surface area (Å²) < 4.78 is 41.9. The summed E-state index contributed by atoms with van der Waals surface area (Å²) in [4.78, 5) is 76.9. The van der Waals surface area contributed by atoms with E-state index < -0.39 is 101 Å². The number of fused-ring (bicyclic) bond motifs is 1. The lowest BCUT2D eigenvalue weighted by atomic mass is 9.52. The molecule has 11 atom stereocenters. The van der Waals surface area contributed by atoms with E-state index in [1.54, 1.807) is 33.8 Å². The molecule has 3 fully saturated rings. The molecule has 0 amide bonds. The minimum absolute atomic E-state index is 0.00762. The summed E-state index contributed by atoms with van der Waals surface area (Å²) in [5.74, 6) is -5.50. The van der Waals surface area contributed by atoms with Gasteiger partial charge in [-0.3, -0.25) is 24.0 Å². The van der Waals surface area contributed by atoms with Gasteiger partial charge in [0.2, 0.25) is 0 Å². The summed E-state index contributed by atoms with van der Waals surface area (Å²) in [5.41, 5.74) is -3.89. The highest BCUT2D eigenvalue weighted by atomic mass is 16.7. The van der Waals surface area contributed by atoms with Crippen molar-refractivity contribution in [1.82, 2.24) is 0 Å². The minimum atomic E-state index is -1.53. The Morgan fingerprint density at radius 2 is 1.44 bits per heavy atom. The maximum absolute atomic E-state index is 13.3. The van der Waals surface area contributed by atoms with Crippen molar-refractivity contribution in [1.29, 1.82) is 0 Å². The van der Waals surface area contributed by atoms with E-state index >= 15 is 0 Å². The number of epoxide rings is 1. The molecular formula is C32H44O13. The van der Waals surface area contributed by atoms with Crippen LogP contribution in [-0.2, 0) is 61.9 Å². The molecule has 4 rings (SSSR count). The number of esters is 6. The third kappa shape index (κ3) is 5.95. The van der Waals surface area contributed by atoms with Crippen LogP contribution in [0.3, 0.4) is 0 Å². The van der Waals surface area contributed by atoms with Gasteiger partial charge in [-0.1, -0.05) is 26.3 Å². The monoisotopic (exact) mass is 636 g/mol. The number of ether oxygens (including phenoxy) is 7. The zero-order valence-corrected chi connectivity index (χ0v) is 27.3. The maximum Gasteiger partial charge on any atom is 0.342 e. The van der Waals surface area contributed by atoms with Gasteiger partial charge < -0.3 is 33.2 Å². The third-order valence-corrected chi connectivity index (χ3v) is 9.74. The lowest BCUT2D eigenvalue weighted by Crippen LogP contribution is -2.68. The Bertz CT molecular complexity index is 1290. The van der Waals surface area contributed by atoms with Gasteiger partial charge in [-0.15, -0.1) is 0 Å². The molecule has 0 aromatic carbocycles. The Kier molecular flexibility index (Phi) is 9.46. The first-order chi connectivity index (χ1) is 20.9. The van der Waals surface area contributed by atoms with Crippen molar-refractivity contribution in [2.45, 2.75) is 136 Å². The number of carbonyl (C=O) groups is 6. The van der Waals surface area contributed by atoms with Crippen LogP contribution in [-0.4, -0.2) is 83.6 Å². The van der Waals surface area contributed by atoms with E-state index in [1.165, 1.54) is 27.7 Å². The van der Waals surface area contributed by atoms with E-state index in [1.807, 2.05) is 6.92 Å². The second-order valence-electron chi connectivity index (χ2n) is 13.0. The summed E-state index contributed by atoms with van der Waals surface area (Å²) >= 11 is 0. The molecule has 13 nitrogen and oxygen atoms in total. The molecule has 2 aliphatic heterocycles. The number of rotatable bonds is 7. The molecule has 0 N–H and O–H groups in total. The molecule has 2 heterocycles. The van der Waals surface area contributed by atoms with Gasteiger partial charge in [-0.25, -0.2) is 4.79 Å². The molecule has 0 unspecified atom stereocenters. The SMILES string of the molecule is CCCC(=O)O[C@H]1C/C(C)=C\[C@@H]2OC(=O)[C@]3(C)O[C@]23[C@@H](OC(C)=O)[C@H]2[C@@H](C)[C@@H](OC(C)=O)C[C@H](OC(C)=O)[C@]2(C)[C@H]1OC(C)=O. The summed E-state index contributed by atoms with van der Waals surface area (Å²) in [5, 5.41) is 0. The standard InChI is InChI=1S/C32H44O13/c1-10-11-25(37)43-22-12-15(2)13-24-32(31(9,45-32)29(38)44-24)28(42-20(7)36)26-16(3)21(39-17(4)33)14-23(40-18(5)34)30(26,8)27(22)41-19(6)35/h13,16,21-24,26-28H,10-12,14H2,1-9H3/b15-13-/t16-,21-,22-,23-,24-,26+,27-,28-,30-,31-,32-/m0/s1. The van der Waals surface area contributed by atoms with Crippen LogP contribution in [0.15, 0.2) is 11.6 Å². The van der Waals surface area contributed by atoms with Gasteiger partial charge >= 0.3 is 35.8 Å². The Morgan fingerprint density at radius 3 is 1.98 bits per heavy atom. The maximum atomic E-state index is 13.3. The van der Waals surface area contributed by atoms with Crippen LogP contribution in [0.25, 0.3) is 0 Å². The van der Waals surface area contributed by atoms with Crippen LogP contribution in [0.2, 0.25) is 0 Å². The van der Waals surface area contributed by atoms with Gasteiger partial charge in [0.25, 0.3) is 0 Å². The van der Waals surface area contributed by atoms with Crippen LogP contribution in [0.1, 0.15) is 88.0 Å². The van der Waals surface area contributed by atoms with Crippen LogP contribution in [0, 0.1) is 17.3 Å². The van der Waals surface area contributed by atoms with Gasteiger partial charge in [-0.05, 0) is 26.3 Å². The largest absolute Gasteiger partial charge is 0.462 e. The molecule has 2 saturated heterocycles. The van der Waals surface area contributed by atoms with E-state index in [0.717, 1.165) is 0 Å². The van der Waals surface area contributed by atoms with Crippen molar-refractivity contribution in [2.75, 3.05) is 0 Å². The molecule has 0 radical (unpaired) electrons. The summed E-state index contributed by atoms with van der Waals surface area (Å²) in [6, 6.07) is 0. The van der Waals surface area contributed by atoms with E-state index in [9.17, 15) is 28.8 Å². The van der Waals surface area contributed by atoms with Crippen LogP contribution < -0.4 is 0 Å². The van der Waals surface area contributed by atoms with Gasteiger partial charge in [-0.2, -0.15) is 0 Å². The van der Waals surface area contributed by atoms with E-state index in [4.69, 9.17) is 33.2 Å². The summed E-state index contributed by atoms with van der Waals surface area (Å²) in [6.07, 6.45) is -4.31. The number of carbonyl (C=O) groups excluding carboxylic acids is 6. The Labute approximate surface area is 262 Å². The predicted molar refractivity (Wildman–Crippen MR) is 153 cm³/mol. The fraction of sp³-hybridized carbons (Fsp3) is 0.750. The second kappa shape index (κ2) is 12.4. The first kappa shape index (κ1) is 34.4. The first-order valence-corrected chi connectivity index (χ1v) is 15.4. The average Bonchev–Trinajstić information content (AvgIpc) is 3.49. The quantitative estimate of drug-likeness (QED) is 0.173. The molecule has 4 aliphatic rings. The Morgan fingerprint density at radius 1 is 0.867 bits per heavy atom. The van der Waals surface area contributed by atoms with Crippen LogP contribution in [0.5, 0.6) is 0 Å². The molecule has 13 heteroatoms. The molecule has 1 spiro atoms. The van der Waals surface area contributed by atoms with Crippen molar-refractivity contribution in [2.24, 2.45) is 17.3 Å². The zero-order valence-electron chi connectivity index (χ0n) is 27.3. The normalized spacial score (nSPS) is 41.4. The fourth-order valence-corrected chi connectivity index (χ4v) is 7.89. The number of hydrogen-bond donors (Lipinski definition) is 0. The molecule has 2 aliphatic carbocycles. The molecule has 1 saturated carbocycles. The summed E-state index contributed by atoms with van der Waals surface area (Å²) in [7, 11) is 0. The third-order valence-electron chi connectivity index (χ3n) is 9.74. The van der Waals surface area contributed by atoms with Gasteiger partial charge in [0.1, 0.15) is 30.5 Å². The van der Waals surface area contributed by atoms with Crippen LogP contribution >= 0.6 is 0 Å². The lowest BCUT2D eigenvalue weighted by molar-refractivity contribution is -0.247. The summed E-state index contributed by atoms with van der Waals surface area (Å²) in [6.45, 7) is 13.5. The van der Waals surface area contributed by atoms with Gasteiger partial charge in [0.15, 0.2) is 17.3 Å². The smallest absolute Gasteiger partial charge is 0.342 e. The van der Waals surface area contributed by atoms with E-state index in [-0.39, 0.29) is 19.3 Å². The van der Waals surface area contributed by atoms with E-state index in [0.29, 0.717) is 12.0 Å². The van der Waals surface area contributed by atoms with E-state index in [2.05, 4.69) is 0 Å².